The monoisotopic (exact) mass is 680 g/mol. The molecule has 9 aromatic carbocycles. The Hall–Kier alpha value is -6.68. The summed E-state index contributed by atoms with van der Waals surface area (Å²) in [6, 6.07) is 62.5. The van der Waals surface area contributed by atoms with Crippen LogP contribution in [0.3, 0.4) is 0 Å². The van der Waals surface area contributed by atoms with Gasteiger partial charge in [-0.25, -0.2) is 0 Å². The van der Waals surface area contributed by atoms with Gasteiger partial charge in [0, 0.05) is 16.6 Å². The number of hydrogen-bond donors (Lipinski definition) is 2. The average Bonchev–Trinajstić information content (AvgIpc) is 3.22. The summed E-state index contributed by atoms with van der Waals surface area (Å²) in [4.78, 5) is 0. The van der Waals surface area contributed by atoms with E-state index in [9.17, 15) is 0 Å². The highest BCUT2D eigenvalue weighted by Gasteiger charge is 2.20. The van der Waals surface area contributed by atoms with Crippen LogP contribution in [0.2, 0.25) is 0 Å². The molecule has 10 rings (SSSR count). The van der Waals surface area contributed by atoms with E-state index in [4.69, 9.17) is 10.5 Å². The lowest BCUT2D eigenvalue weighted by Crippen LogP contribution is -2.27. The Bertz CT molecular complexity index is 2870. The Morgan fingerprint density at radius 2 is 1.25 bits per heavy atom. The molecule has 0 aromatic heterocycles. The first-order valence-corrected chi connectivity index (χ1v) is 18.2. The summed E-state index contributed by atoms with van der Waals surface area (Å²) in [6.07, 6.45) is 2.67. The number of hydrogen-bond acceptors (Lipinski definition) is 3. The number of ether oxygens (including phenoxy) is 1. The van der Waals surface area contributed by atoms with Gasteiger partial charge in [0.2, 0.25) is 0 Å². The molecule has 0 saturated carbocycles. The van der Waals surface area contributed by atoms with Gasteiger partial charge in [-0.05, 0) is 102 Å². The SMILES string of the molecule is NC(N/C(=C\Cc1c2ccccc2cc2c1ccc1ccccc12)c1ccc(-c2ccc3c(c2)-c2cccc4cccc(c24)O3)cc1)c1ccccc1. The van der Waals surface area contributed by atoms with Crippen LogP contribution in [-0.4, -0.2) is 0 Å². The number of benzene rings is 9. The zero-order valence-electron chi connectivity index (χ0n) is 29.1. The van der Waals surface area contributed by atoms with E-state index in [0.717, 1.165) is 56.8 Å². The van der Waals surface area contributed by atoms with Crippen molar-refractivity contribution in [2.24, 2.45) is 5.73 Å². The van der Waals surface area contributed by atoms with Crippen molar-refractivity contribution in [3.63, 3.8) is 0 Å². The van der Waals surface area contributed by atoms with Crippen molar-refractivity contribution >= 4 is 48.8 Å². The van der Waals surface area contributed by atoms with Crippen molar-refractivity contribution in [3.8, 4) is 33.8 Å². The molecule has 1 aliphatic heterocycles. The third-order valence-corrected chi connectivity index (χ3v) is 10.7. The molecular weight excluding hydrogens is 645 g/mol. The van der Waals surface area contributed by atoms with Gasteiger partial charge >= 0.3 is 0 Å². The molecule has 1 aliphatic rings. The topological polar surface area (TPSA) is 47.3 Å². The van der Waals surface area contributed by atoms with Gasteiger partial charge in [0.15, 0.2) is 0 Å². The smallest absolute Gasteiger partial charge is 0.135 e. The fourth-order valence-electron chi connectivity index (χ4n) is 8.09. The van der Waals surface area contributed by atoms with Crippen LogP contribution >= 0.6 is 0 Å². The second-order valence-corrected chi connectivity index (χ2v) is 13.9. The standard InChI is InChI=1S/C50H36N2O/c51-50(36-11-2-1-3-12-36)52-46(28-27-41-40-17-7-5-13-38(40)31-44-39-16-6-4-10-33(39)24-26-42(41)44)34-22-20-32(21-23-34)37-25-29-47-45(30-37)43-18-8-14-35-15-9-19-48(53-47)49(35)43/h1-26,28-31,50,52H,27,51H2/b46-28-. The summed E-state index contributed by atoms with van der Waals surface area (Å²) in [7, 11) is 0. The fraction of sp³-hybridized carbons (Fsp3) is 0.0400. The molecule has 0 radical (unpaired) electrons. The molecule has 0 fully saturated rings. The molecule has 53 heavy (non-hydrogen) atoms. The van der Waals surface area contributed by atoms with Gasteiger partial charge in [0.25, 0.3) is 0 Å². The molecule has 0 spiro atoms. The normalized spacial score (nSPS) is 12.9. The van der Waals surface area contributed by atoms with Crippen LogP contribution in [0.4, 0.5) is 0 Å². The first-order chi connectivity index (χ1) is 26.2. The van der Waals surface area contributed by atoms with Crippen molar-refractivity contribution in [2.75, 3.05) is 0 Å². The summed E-state index contributed by atoms with van der Waals surface area (Å²) >= 11 is 0. The minimum absolute atomic E-state index is 0.374. The van der Waals surface area contributed by atoms with Gasteiger partial charge in [-0.3, -0.25) is 0 Å². The van der Waals surface area contributed by atoms with E-state index in [1.54, 1.807) is 0 Å². The number of fused-ring (bicyclic) bond motifs is 6. The average molecular weight is 681 g/mol. The molecule has 3 heteroatoms. The first-order valence-electron chi connectivity index (χ1n) is 18.2. The lowest BCUT2D eigenvalue weighted by molar-refractivity contribution is 0.487. The number of allylic oxidation sites excluding steroid dienone is 1. The third-order valence-electron chi connectivity index (χ3n) is 10.7. The highest BCUT2D eigenvalue weighted by molar-refractivity contribution is 6.14. The maximum absolute atomic E-state index is 6.83. The Morgan fingerprint density at radius 3 is 2.09 bits per heavy atom. The van der Waals surface area contributed by atoms with Crippen LogP contribution < -0.4 is 15.8 Å². The van der Waals surface area contributed by atoms with Crippen molar-refractivity contribution in [3.05, 3.63) is 199 Å². The van der Waals surface area contributed by atoms with Gasteiger partial charge < -0.3 is 15.8 Å². The van der Waals surface area contributed by atoms with Crippen LogP contribution in [0, 0.1) is 0 Å². The minimum atomic E-state index is -0.374. The lowest BCUT2D eigenvalue weighted by Gasteiger charge is -2.22. The molecule has 3 N–H and O–H groups in total. The zero-order valence-corrected chi connectivity index (χ0v) is 29.1. The highest BCUT2D eigenvalue weighted by Crippen LogP contribution is 2.47. The van der Waals surface area contributed by atoms with Crippen LogP contribution in [-0.2, 0) is 6.42 Å². The third kappa shape index (κ3) is 5.50. The van der Waals surface area contributed by atoms with E-state index in [2.05, 4.69) is 169 Å². The predicted octanol–water partition coefficient (Wildman–Crippen LogP) is 12.6. The van der Waals surface area contributed by atoms with E-state index >= 15 is 0 Å². The molecule has 1 atom stereocenters. The Balaban J connectivity index is 1.05. The van der Waals surface area contributed by atoms with Crippen molar-refractivity contribution in [1.82, 2.24) is 5.32 Å². The number of rotatable bonds is 7. The number of nitrogens with one attached hydrogen (secondary N) is 1. The van der Waals surface area contributed by atoms with Crippen LogP contribution in [0.25, 0.3) is 71.0 Å². The van der Waals surface area contributed by atoms with Gasteiger partial charge in [-0.2, -0.15) is 0 Å². The Labute approximate surface area is 308 Å². The maximum Gasteiger partial charge on any atom is 0.135 e. The van der Waals surface area contributed by atoms with Gasteiger partial charge in [-0.1, -0.05) is 158 Å². The second kappa shape index (κ2) is 12.8. The fourth-order valence-corrected chi connectivity index (χ4v) is 8.09. The van der Waals surface area contributed by atoms with E-state index in [1.807, 2.05) is 18.2 Å². The van der Waals surface area contributed by atoms with Gasteiger partial charge in [0.05, 0.1) is 0 Å². The summed E-state index contributed by atoms with van der Waals surface area (Å²) in [6.45, 7) is 0. The second-order valence-electron chi connectivity index (χ2n) is 13.9. The summed E-state index contributed by atoms with van der Waals surface area (Å²) in [5, 5.41) is 13.6. The Kier molecular flexibility index (Phi) is 7.52. The molecule has 0 amide bonds. The molecule has 0 aliphatic carbocycles. The van der Waals surface area contributed by atoms with Crippen molar-refractivity contribution in [2.45, 2.75) is 12.6 Å². The van der Waals surface area contributed by atoms with E-state index in [0.29, 0.717) is 0 Å². The molecule has 0 saturated heterocycles. The first kappa shape index (κ1) is 31.1. The van der Waals surface area contributed by atoms with Crippen molar-refractivity contribution < 1.29 is 4.74 Å². The largest absolute Gasteiger partial charge is 0.456 e. The predicted molar refractivity (Wildman–Crippen MR) is 222 cm³/mol. The summed E-state index contributed by atoms with van der Waals surface area (Å²) in [5.74, 6) is 1.79. The molecule has 1 heterocycles. The van der Waals surface area contributed by atoms with Crippen LogP contribution in [0.15, 0.2) is 182 Å². The molecule has 252 valence electrons. The Morgan fingerprint density at radius 1 is 0.528 bits per heavy atom. The quantitative estimate of drug-likeness (QED) is 0.100. The highest BCUT2D eigenvalue weighted by atomic mass is 16.5. The maximum atomic E-state index is 6.83. The van der Waals surface area contributed by atoms with Crippen molar-refractivity contribution in [1.29, 1.82) is 0 Å². The molecule has 9 aromatic rings. The van der Waals surface area contributed by atoms with E-state index in [1.165, 1.54) is 48.8 Å². The minimum Gasteiger partial charge on any atom is -0.456 e. The summed E-state index contributed by atoms with van der Waals surface area (Å²) in [5.41, 5.74) is 15.8. The molecule has 3 nitrogen and oxygen atoms in total. The zero-order chi connectivity index (χ0) is 35.3. The van der Waals surface area contributed by atoms with E-state index < -0.39 is 0 Å². The summed E-state index contributed by atoms with van der Waals surface area (Å²) < 4.78 is 6.37. The molecular formula is C50H36N2O. The number of nitrogens with two attached hydrogens (primary N) is 1. The molecule has 0 bridgehead atoms. The van der Waals surface area contributed by atoms with Gasteiger partial charge in [-0.15, -0.1) is 0 Å². The van der Waals surface area contributed by atoms with Crippen LogP contribution in [0.1, 0.15) is 22.9 Å². The lowest BCUT2D eigenvalue weighted by atomic mass is 9.91. The van der Waals surface area contributed by atoms with Crippen LogP contribution in [0.5, 0.6) is 11.5 Å². The van der Waals surface area contributed by atoms with Gasteiger partial charge in [0.1, 0.15) is 17.7 Å². The molecule has 1 unspecified atom stereocenters. The van der Waals surface area contributed by atoms with E-state index in [-0.39, 0.29) is 6.17 Å².